The topological polar surface area (TPSA) is 112 Å². The van der Waals surface area contributed by atoms with Gasteiger partial charge in [-0.05, 0) is 55.0 Å². The number of aliphatic carboxylic acids is 1. The van der Waals surface area contributed by atoms with Crippen molar-refractivity contribution in [3.63, 3.8) is 0 Å². The van der Waals surface area contributed by atoms with Crippen molar-refractivity contribution < 1.29 is 24.6 Å². The molecule has 2 heterocycles. The van der Waals surface area contributed by atoms with Gasteiger partial charge in [-0.25, -0.2) is 0 Å². The third-order valence-electron chi connectivity index (χ3n) is 5.85. The van der Waals surface area contributed by atoms with Crippen molar-refractivity contribution >= 4 is 17.6 Å². The molecule has 9 heteroatoms. The minimum atomic E-state index is -1.29. The molecule has 1 aliphatic carbocycles. The molecular formula is C20H19ClN2O6. The number of carbonyl (C=O) groups is 1. The number of fused-ring (bicyclic) bond motifs is 1. The smallest absolute Gasteiger partial charge is 0.314 e. The Morgan fingerprint density at radius 1 is 1.41 bits per heavy atom. The minimum Gasteiger partial charge on any atom is -0.481 e. The van der Waals surface area contributed by atoms with E-state index in [1.54, 1.807) is 25.3 Å². The van der Waals surface area contributed by atoms with Crippen molar-refractivity contribution in [1.82, 2.24) is 4.98 Å². The third kappa shape index (κ3) is 3.32. The number of carboxylic acids is 1. The molecule has 1 N–H and O–H groups in total. The van der Waals surface area contributed by atoms with Crippen LogP contribution >= 0.6 is 11.6 Å². The molecule has 1 saturated carbocycles. The number of aryl methyl sites for hydroxylation is 1. The third-order valence-corrected chi connectivity index (χ3v) is 6.10. The molecule has 0 unspecified atom stereocenters. The monoisotopic (exact) mass is 418 g/mol. The van der Waals surface area contributed by atoms with Crippen LogP contribution in [0.4, 0.5) is 0 Å². The zero-order valence-electron chi connectivity index (χ0n) is 15.6. The molecular weight excluding hydrogens is 400 g/mol. The van der Waals surface area contributed by atoms with Crippen LogP contribution in [0.5, 0.6) is 0 Å². The van der Waals surface area contributed by atoms with Crippen LogP contribution < -0.4 is 0 Å². The highest BCUT2D eigenvalue weighted by Crippen LogP contribution is 2.48. The molecule has 3 atom stereocenters. The normalized spacial score (nSPS) is 25.6. The molecule has 2 aromatic rings. The fourth-order valence-electron chi connectivity index (χ4n) is 4.60. The number of aromatic nitrogens is 1. The van der Waals surface area contributed by atoms with E-state index < -0.39 is 22.6 Å². The van der Waals surface area contributed by atoms with Gasteiger partial charge >= 0.3 is 5.97 Å². The van der Waals surface area contributed by atoms with Gasteiger partial charge in [-0.3, -0.25) is 9.78 Å². The first-order valence-corrected chi connectivity index (χ1v) is 9.60. The summed E-state index contributed by atoms with van der Waals surface area (Å²) in [5, 5.41) is 20.6. The van der Waals surface area contributed by atoms with Crippen LogP contribution in [0.2, 0.25) is 5.02 Å². The van der Waals surface area contributed by atoms with Crippen molar-refractivity contribution in [2.45, 2.75) is 50.4 Å². The second-order valence-corrected chi connectivity index (χ2v) is 7.91. The summed E-state index contributed by atoms with van der Waals surface area (Å²) in [6, 6.07) is 7.28. The Labute approximate surface area is 171 Å². The molecule has 0 spiro atoms. The minimum absolute atomic E-state index is 0.0217. The number of benzene rings is 1. The lowest BCUT2D eigenvalue weighted by Gasteiger charge is -2.28. The lowest BCUT2D eigenvalue weighted by atomic mass is 9.75. The Bertz CT molecular complexity index is 980. The fraction of sp³-hybridized carbons (Fsp3) is 0.400. The van der Waals surface area contributed by atoms with Crippen LogP contribution in [0.1, 0.15) is 53.3 Å². The van der Waals surface area contributed by atoms with E-state index in [9.17, 15) is 20.0 Å². The molecule has 1 aromatic carbocycles. The fourth-order valence-corrected chi connectivity index (χ4v) is 4.72. The summed E-state index contributed by atoms with van der Waals surface area (Å²) in [6.45, 7) is 2.01. The number of nitrogens with zero attached hydrogens (tertiary/aromatic N) is 2. The predicted octanol–water partition coefficient (Wildman–Crippen LogP) is 3.75. The van der Waals surface area contributed by atoms with Gasteiger partial charge in [0.1, 0.15) is 12.2 Å². The highest BCUT2D eigenvalue weighted by atomic mass is 35.5. The second-order valence-electron chi connectivity index (χ2n) is 7.48. The zero-order chi connectivity index (χ0) is 20.8. The first-order chi connectivity index (χ1) is 13.8. The highest BCUT2D eigenvalue weighted by Gasteiger charge is 2.51. The van der Waals surface area contributed by atoms with E-state index in [2.05, 4.69) is 4.98 Å². The number of rotatable bonds is 5. The molecule has 0 radical (unpaired) electrons. The maximum Gasteiger partial charge on any atom is 0.314 e. The highest BCUT2D eigenvalue weighted by molar-refractivity contribution is 6.30. The molecule has 152 valence electrons. The number of ether oxygens (including phenoxy) is 1. The van der Waals surface area contributed by atoms with Crippen LogP contribution in [-0.2, 0) is 26.4 Å². The van der Waals surface area contributed by atoms with Crippen LogP contribution in [-0.4, -0.2) is 27.3 Å². The van der Waals surface area contributed by atoms with Crippen molar-refractivity contribution in [1.29, 1.82) is 0 Å². The van der Waals surface area contributed by atoms with E-state index in [0.29, 0.717) is 16.3 Å². The number of hydrogen-bond acceptors (Lipinski definition) is 6. The zero-order valence-corrected chi connectivity index (χ0v) is 16.4. The Morgan fingerprint density at radius 2 is 2.14 bits per heavy atom. The van der Waals surface area contributed by atoms with Crippen LogP contribution in [0.25, 0.3) is 0 Å². The molecule has 1 aromatic heterocycles. The van der Waals surface area contributed by atoms with Crippen molar-refractivity contribution in [3.8, 4) is 0 Å². The number of hydrogen-bond donors (Lipinski definition) is 1. The molecule has 0 bridgehead atoms. The van der Waals surface area contributed by atoms with Crippen molar-refractivity contribution in [2.24, 2.45) is 0 Å². The van der Waals surface area contributed by atoms with Gasteiger partial charge in [-0.1, -0.05) is 23.7 Å². The molecule has 1 fully saturated rings. The number of pyridine rings is 1. The average molecular weight is 419 g/mol. The van der Waals surface area contributed by atoms with E-state index >= 15 is 0 Å². The van der Waals surface area contributed by atoms with E-state index in [1.807, 2.05) is 12.1 Å². The summed E-state index contributed by atoms with van der Waals surface area (Å²) < 4.78 is 6.01. The molecule has 29 heavy (non-hydrogen) atoms. The standard InChI is InChI=1S/C20H19ClN2O6/c1-11-17(20(19(24)25)7-6-14(8-20)29-23(26)27)16-10-28-18(15(16)9-22-11)12-2-4-13(21)5-3-12/h2-5,9,14,18H,6-8,10H2,1H3,(H,24,25)/t14-,18-,20+/m0/s1. The first-order valence-electron chi connectivity index (χ1n) is 9.22. The largest absolute Gasteiger partial charge is 0.481 e. The van der Waals surface area contributed by atoms with Gasteiger partial charge in [0.15, 0.2) is 0 Å². The summed E-state index contributed by atoms with van der Waals surface area (Å²) in [7, 11) is 0. The van der Waals surface area contributed by atoms with E-state index in [4.69, 9.17) is 21.2 Å². The van der Waals surface area contributed by atoms with Gasteiger partial charge in [0, 0.05) is 22.5 Å². The molecule has 0 saturated heterocycles. The maximum absolute atomic E-state index is 12.4. The Kier molecular flexibility index (Phi) is 4.92. The SMILES string of the molecule is Cc1ncc2c(c1[C@@]1(C(=O)O)CC[C@H](O[N+](=O)[O-])C1)CO[C@H]2c1ccc(Cl)cc1. The molecule has 4 rings (SSSR count). The van der Waals surface area contributed by atoms with E-state index in [0.717, 1.165) is 16.7 Å². The van der Waals surface area contributed by atoms with Crippen LogP contribution in [0.3, 0.4) is 0 Å². The average Bonchev–Trinajstić information content (AvgIpc) is 3.27. The van der Waals surface area contributed by atoms with Gasteiger partial charge < -0.3 is 14.7 Å². The quantitative estimate of drug-likeness (QED) is 0.581. The lowest BCUT2D eigenvalue weighted by molar-refractivity contribution is -0.768. The summed E-state index contributed by atoms with van der Waals surface area (Å²) in [5.41, 5.74) is 2.40. The Hall–Kier alpha value is -2.71. The second kappa shape index (κ2) is 7.27. The Balaban J connectivity index is 1.78. The summed E-state index contributed by atoms with van der Waals surface area (Å²) >= 11 is 5.98. The molecule has 8 nitrogen and oxygen atoms in total. The Morgan fingerprint density at radius 3 is 2.79 bits per heavy atom. The lowest BCUT2D eigenvalue weighted by Crippen LogP contribution is -2.36. The van der Waals surface area contributed by atoms with E-state index in [-0.39, 0.29) is 32.0 Å². The summed E-state index contributed by atoms with van der Waals surface area (Å²) in [6.07, 6.45) is 1.14. The van der Waals surface area contributed by atoms with Crippen molar-refractivity contribution in [2.75, 3.05) is 0 Å². The summed E-state index contributed by atoms with van der Waals surface area (Å²) in [5.74, 6) is -1.03. The molecule has 2 aliphatic rings. The van der Waals surface area contributed by atoms with Gasteiger partial charge in [-0.2, -0.15) is 0 Å². The van der Waals surface area contributed by atoms with Gasteiger partial charge in [-0.15, -0.1) is 10.1 Å². The van der Waals surface area contributed by atoms with Gasteiger partial charge in [0.2, 0.25) is 0 Å². The van der Waals surface area contributed by atoms with Crippen LogP contribution in [0.15, 0.2) is 30.5 Å². The maximum atomic E-state index is 12.4. The van der Waals surface area contributed by atoms with Gasteiger partial charge in [0.05, 0.1) is 12.0 Å². The van der Waals surface area contributed by atoms with Gasteiger partial charge in [0.25, 0.3) is 5.09 Å². The predicted molar refractivity (Wildman–Crippen MR) is 102 cm³/mol. The molecule has 1 aliphatic heterocycles. The van der Waals surface area contributed by atoms with E-state index in [1.165, 1.54) is 0 Å². The molecule has 0 amide bonds. The number of halogens is 1. The first kappa shape index (κ1) is 19.6. The van der Waals surface area contributed by atoms with Crippen molar-refractivity contribution in [3.05, 3.63) is 73.5 Å². The number of carboxylic acid groups (broad SMARTS) is 1. The summed E-state index contributed by atoms with van der Waals surface area (Å²) in [4.78, 5) is 32.3. The van der Waals surface area contributed by atoms with Crippen LogP contribution in [0, 0.1) is 17.0 Å².